The fourth-order valence-electron chi connectivity index (χ4n) is 5.22. The summed E-state index contributed by atoms with van der Waals surface area (Å²) >= 11 is 5.96. The first-order chi connectivity index (χ1) is 19.4. The second-order valence-corrected chi connectivity index (χ2v) is 10.4. The highest BCUT2D eigenvalue weighted by atomic mass is 35.5. The number of amides is 3. The van der Waals surface area contributed by atoms with Crippen LogP contribution in [0, 0.1) is 0 Å². The Balaban J connectivity index is 1.63. The third-order valence-corrected chi connectivity index (χ3v) is 7.51. The van der Waals surface area contributed by atoms with E-state index < -0.39 is 29.8 Å². The Morgan fingerprint density at radius 2 is 1.71 bits per heavy atom. The topological polar surface area (TPSA) is 82.2 Å². The molecule has 0 unspecified atom stereocenters. The molecule has 0 spiro atoms. The summed E-state index contributed by atoms with van der Waals surface area (Å²) in [6.07, 6.45) is -4.52. The summed E-state index contributed by atoms with van der Waals surface area (Å²) in [5, 5.41) is 3.31. The van der Waals surface area contributed by atoms with Crippen molar-refractivity contribution in [2.24, 2.45) is 0 Å². The van der Waals surface area contributed by atoms with Gasteiger partial charge in [0, 0.05) is 55.0 Å². The van der Waals surface area contributed by atoms with E-state index in [2.05, 4.69) is 10.2 Å². The molecule has 2 aromatic carbocycles. The SMILES string of the molecule is CCOC(=O)C1=C(CN2CCN(C(=O)c3ccc(Cl)cc3)[C@@H](C)C2)N(CC)C(=O)N[C@H]1c1ccc(C(F)(F)F)cc1. The molecule has 0 saturated carbocycles. The highest BCUT2D eigenvalue weighted by Crippen LogP contribution is 2.35. The summed E-state index contributed by atoms with van der Waals surface area (Å²) in [6.45, 7) is 7.28. The number of halogens is 4. The minimum atomic E-state index is -4.52. The number of carbonyl (C=O) groups excluding carboxylic acids is 3. The minimum absolute atomic E-state index is 0.0813. The molecule has 2 aliphatic rings. The van der Waals surface area contributed by atoms with Crippen molar-refractivity contribution in [2.75, 3.05) is 39.3 Å². The molecule has 1 fully saturated rings. The number of hydrogen-bond acceptors (Lipinski definition) is 5. The van der Waals surface area contributed by atoms with Crippen LogP contribution in [-0.2, 0) is 15.7 Å². The van der Waals surface area contributed by atoms with E-state index in [9.17, 15) is 27.6 Å². The Hall–Kier alpha value is -3.57. The van der Waals surface area contributed by atoms with Crippen LogP contribution in [0.25, 0.3) is 0 Å². The van der Waals surface area contributed by atoms with Gasteiger partial charge < -0.3 is 15.0 Å². The molecule has 12 heteroatoms. The third-order valence-electron chi connectivity index (χ3n) is 7.26. The molecule has 3 amide bonds. The van der Waals surface area contributed by atoms with Crippen molar-refractivity contribution in [1.29, 1.82) is 0 Å². The van der Waals surface area contributed by atoms with Gasteiger partial charge in [0.25, 0.3) is 5.91 Å². The van der Waals surface area contributed by atoms with Gasteiger partial charge in [-0.2, -0.15) is 13.2 Å². The van der Waals surface area contributed by atoms with Gasteiger partial charge in [-0.1, -0.05) is 23.7 Å². The monoisotopic (exact) mass is 592 g/mol. The first-order valence-corrected chi connectivity index (χ1v) is 13.8. The van der Waals surface area contributed by atoms with E-state index in [4.69, 9.17) is 16.3 Å². The molecule has 0 aliphatic carbocycles. The Labute approximate surface area is 241 Å². The molecule has 8 nitrogen and oxygen atoms in total. The molecule has 4 rings (SSSR count). The maximum Gasteiger partial charge on any atom is 0.416 e. The standard InChI is InChI=1S/C29H32ClF3N4O4/c1-4-36-23(17-35-14-15-37(18(3)16-35)26(38)20-8-12-22(30)13-9-20)24(27(39)41-5-2)25(34-28(36)40)19-6-10-21(11-7-19)29(31,32)33/h6-13,18,25H,4-5,14-17H2,1-3H3,(H,34,40)/t18-,25-/m0/s1. The number of ether oxygens (including phenoxy) is 1. The van der Waals surface area contributed by atoms with Crippen molar-refractivity contribution in [3.63, 3.8) is 0 Å². The van der Waals surface area contributed by atoms with Crippen LogP contribution in [-0.4, -0.2) is 78.0 Å². The molecule has 1 saturated heterocycles. The molecule has 0 bridgehead atoms. The number of rotatable bonds is 7. The van der Waals surface area contributed by atoms with Gasteiger partial charge in [0.15, 0.2) is 0 Å². The lowest BCUT2D eigenvalue weighted by atomic mass is 9.93. The number of nitrogens with zero attached hydrogens (tertiary/aromatic N) is 3. The molecule has 220 valence electrons. The molecular formula is C29H32ClF3N4O4. The van der Waals surface area contributed by atoms with Gasteiger partial charge in [0.2, 0.25) is 0 Å². The van der Waals surface area contributed by atoms with Gasteiger partial charge in [-0.25, -0.2) is 9.59 Å². The quantitative estimate of drug-likeness (QED) is 0.452. The number of alkyl halides is 3. The lowest BCUT2D eigenvalue weighted by Gasteiger charge is -2.43. The molecule has 2 heterocycles. The van der Waals surface area contributed by atoms with Crippen molar-refractivity contribution < 1.29 is 32.3 Å². The average Bonchev–Trinajstić information content (AvgIpc) is 2.93. The minimum Gasteiger partial charge on any atom is -0.463 e. The summed E-state index contributed by atoms with van der Waals surface area (Å²) in [7, 11) is 0. The molecule has 2 aliphatic heterocycles. The lowest BCUT2D eigenvalue weighted by molar-refractivity contribution is -0.139. The van der Waals surface area contributed by atoms with Gasteiger partial charge in [-0.3, -0.25) is 14.6 Å². The number of carbonyl (C=O) groups is 3. The van der Waals surface area contributed by atoms with Crippen LogP contribution < -0.4 is 5.32 Å². The van der Waals surface area contributed by atoms with E-state index in [1.807, 2.05) is 6.92 Å². The van der Waals surface area contributed by atoms with E-state index in [0.717, 1.165) is 12.1 Å². The summed E-state index contributed by atoms with van der Waals surface area (Å²) in [6, 6.07) is 9.43. The highest BCUT2D eigenvalue weighted by molar-refractivity contribution is 6.30. The zero-order valence-electron chi connectivity index (χ0n) is 23.0. The average molecular weight is 593 g/mol. The van der Waals surface area contributed by atoms with Crippen LogP contribution in [0.1, 0.15) is 48.3 Å². The second-order valence-electron chi connectivity index (χ2n) is 9.92. The fraction of sp³-hybridized carbons (Fsp3) is 0.414. The third kappa shape index (κ3) is 6.68. The maximum absolute atomic E-state index is 13.3. The van der Waals surface area contributed by atoms with E-state index in [0.29, 0.717) is 41.5 Å². The van der Waals surface area contributed by atoms with Crippen molar-refractivity contribution >= 4 is 29.5 Å². The molecule has 41 heavy (non-hydrogen) atoms. The Bertz CT molecular complexity index is 1310. The summed E-state index contributed by atoms with van der Waals surface area (Å²) < 4.78 is 44.9. The predicted octanol–water partition coefficient (Wildman–Crippen LogP) is 5.11. The fourth-order valence-corrected chi connectivity index (χ4v) is 5.35. The van der Waals surface area contributed by atoms with E-state index in [-0.39, 0.29) is 37.2 Å². The largest absolute Gasteiger partial charge is 0.463 e. The molecular weight excluding hydrogens is 561 g/mol. The second kappa shape index (κ2) is 12.5. The predicted molar refractivity (Wildman–Crippen MR) is 147 cm³/mol. The normalized spacial score (nSPS) is 20.2. The van der Waals surface area contributed by atoms with E-state index in [1.165, 1.54) is 17.0 Å². The van der Waals surface area contributed by atoms with Crippen molar-refractivity contribution in [3.8, 4) is 0 Å². The molecule has 2 atom stereocenters. The molecule has 1 N–H and O–H groups in total. The van der Waals surface area contributed by atoms with Crippen LogP contribution in [0.5, 0.6) is 0 Å². The van der Waals surface area contributed by atoms with Crippen molar-refractivity contribution in [2.45, 2.75) is 39.0 Å². The van der Waals surface area contributed by atoms with Crippen LogP contribution in [0.3, 0.4) is 0 Å². The number of benzene rings is 2. The zero-order chi connectivity index (χ0) is 29.9. The van der Waals surface area contributed by atoms with Gasteiger partial charge >= 0.3 is 18.2 Å². The molecule has 0 radical (unpaired) electrons. The van der Waals surface area contributed by atoms with Gasteiger partial charge in [0.1, 0.15) is 0 Å². The van der Waals surface area contributed by atoms with Crippen LogP contribution >= 0.6 is 11.6 Å². The Morgan fingerprint density at radius 1 is 1.05 bits per heavy atom. The number of hydrogen-bond donors (Lipinski definition) is 1. The van der Waals surface area contributed by atoms with E-state index in [1.54, 1.807) is 43.0 Å². The van der Waals surface area contributed by atoms with Crippen LogP contribution in [0.2, 0.25) is 5.02 Å². The molecule has 0 aromatic heterocycles. The smallest absolute Gasteiger partial charge is 0.416 e. The van der Waals surface area contributed by atoms with Gasteiger partial charge in [-0.05, 0) is 62.7 Å². The van der Waals surface area contributed by atoms with E-state index >= 15 is 0 Å². The first-order valence-electron chi connectivity index (χ1n) is 13.4. The van der Waals surface area contributed by atoms with Gasteiger partial charge in [0.05, 0.1) is 23.8 Å². The lowest BCUT2D eigenvalue weighted by Crippen LogP contribution is -2.56. The maximum atomic E-state index is 13.3. The van der Waals surface area contributed by atoms with Crippen molar-refractivity contribution in [3.05, 3.63) is 81.5 Å². The number of urea groups is 1. The number of nitrogens with one attached hydrogen (secondary N) is 1. The summed E-state index contributed by atoms with van der Waals surface area (Å²) in [5.41, 5.74) is 0.613. The Morgan fingerprint density at radius 3 is 2.27 bits per heavy atom. The number of likely N-dealkylation sites (N-methyl/N-ethyl adjacent to an activating group) is 1. The Kier molecular flexibility index (Phi) is 9.28. The molecule has 2 aromatic rings. The first kappa shape index (κ1) is 30.4. The number of piperazine rings is 1. The van der Waals surface area contributed by atoms with Gasteiger partial charge in [-0.15, -0.1) is 0 Å². The summed E-state index contributed by atoms with van der Waals surface area (Å²) in [4.78, 5) is 44.9. The number of esters is 1. The van der Waals surface area contributed by atoms with Crippen LogP contribution in [0.15, 0.2) is 59.8 Å². The van der Waals surface area contributed by atoms with Crippen LogP contribution in [0.4, 0.5) is 18.0 Å². The highest BCUT2D eigenvalue weighted by Gasteiger charge is 2.40. The zero-order valence-corrected chi connectivity index (χ0v) is 23.8. The summed E-state index contributed by atoms with van der Waals surface area (Å²) in [5.74, 6) is -0.773. The van der Waals surface area contributed by atoms with Crippen molar-refractivity contribution in [1.82, 2.24) is 20.0 Å².